The molecule has 0 unspecified atom stereocenters. The van der Waals surface area contributed by atoms with Crippen molar-refractivity contribution in [2.24, 2.45) is 5.73 Å². The van der Waals surface area contributed by atoms with E-state index in [1.807, 2.05) is 44.2 Å². The van der Waals surface area contributed by atoms with Gasteiger partial charge in [0.2, 0.25) is 0 Å². The maximum atomic E-state index is 13.4. The number of nitrogens with two attached hydrogens (primary N) is 1. The summed E-state index contributed by atoms with van der Waals surface area (Å²) >= 11 is 0. The van der Waals surface area contributed by atoms with E-state index in [0.29, 0.717) is 28.5 Å². The number of halogens is 2. The average Bonchev–Trinajstić information content (AvgIpc) is 3.28. The molecule has 39 heavy (non-hydrogen) atoms. The highest BCUT2D eigenvalue weighted by atomic mass is 19.1. The molecule has 0 fully saturated rings. The lowest BCUT2D eigenvalue weighted by Gasteiger charge is -2.27. The van der Waals surface area contributed by atoms with Gasteiger partial charge in [-0.2, -0.15) is 0 Å². The molecule has 0 aliphatic carbocycles. The largest absolute Gasteiger partial charge is 0.455 e. The highest BCUT2D eigenvalue weighted by Crippen LogP contribution is 2.34. The fourth-order valence-corrected chi connectivity index (χ4v) is 4.66. The lowest BCUT2D eigenvalue weighted by atomic mass is 9.93. The van der Waals surface area contributed by atoms with Crippen LogP contribution in [0.1, 0.15) is 51.3 Å². The highest BCUT2D eigenvalue weighted by molar-refractivity contribution is 6.10. The number of carbonyl (C=O) groups is 2. The van der Waals surface area contributed by atoms with Crippen LogP contribution in [-0.4, -0.2) is 11.8 Å². The zero-order valence-electron chi connectivity index (χ0n) is 21.4. The fraction of sp³-hybridized carbons (Fsp3) is 0.125. The molecule has 0 saturated carbocycles. The third-order valence-corrected chi connectivity index (χ3v) is 6.69. The summed E-state index contributed by atoms with van der Waals surface area (Å²) in [5, 5.41) is 3.58. The number of furan rings is 1. The minimum Gasteiger partial charge on any atom is -0.455 e. The molecule has 7 heteroatoms. The quantitative estimate of drug-likeness (QED) is 0.247. The lowest BCUT2D eigenvalue weighted by Crippen LogP contribution is -2.41. The van der Waals surface area contributed by atoms with Crippen molar-refractivity contribution in [2.75, 3.05) is 0 Å². The smallest absolute Gasteiger partial charge is 0.253 e. The van der Waals surface area contributed by atoms with Crippen LogP contribution in [0, 0.1) is 11.6 Å². The number of nitrogens with one attached hydrogen (secondary N) is 1. The van der Waals surface area contributed by atoms with Gasteiger partial charge in [0.05, 0.1) is 11.1 Å². The first-order chi connectivity index (χ1) is 18.6. The van der Waals surface area contributed by atoms with Gasteiger partial charge in [-0.25, -0.2) is 8.78 Å². The Morgan fingerprint density at radius 2 is 1.49 bits per heavy atom. The third kappa shape index (κ3) is 5.43. The minimum absolute atomic E-state index is 0.231. The number of carbonyl (C=O) groups excluding carboxylic acids is 2. The molecule has 2 amide bonds. The molecule has 1 aromatic heterocycles. The number of benzene rings is 4. The van der Waals surface area contributed by atoms with Gasteiger partial charge in [0, 0.05) is 16.5 Å². The Balaban J connectivity index is 1.40. The second kappa shape index (κ2) is 10.2. The first-order valence-corrected chi connectivity index (χ1v) is 12.4. The topological polar surface area (TPSA) is 85.3 Å². The van der Waals surface area contributed by atoms with E-state index in [9.17, 15) is 18.4 Å². The Hall–Kier alpha value is -4.78. The summed E-state index contributed by atoms with van der Waals surface area (Å²) < 4.78 is 32.7. The van der Waals surface area contributed by atoms with Crippen molar-refractivity contribution in [3.63, 3.8) is 0 Å². The van der Waals surface area contributed by atoms with Gasteiger partial charge in [-0.05, 0) is 97.6 Å². The molecular formula is C32H26F2N2O3. The fourth-order valence-electron chi connectivity index (χ4n) is 4.66. The molecule has 3 N–H and O–H groups in total. The van der Waals surface area contributed by atoms with Gasteiger partial charge in [-0.1, -0.05) is 30.3 Å². The zero-order chi connectivity index (χ0) is 27.7. The van der Waals surface area contributed by atoms with Crippen molar-refractivity contribution < 1.29 is 22.8 Å². The molecule has 1 heterocycles. The van der Waals surface area contributed by atoms with Gasteiger partial charge in [0.25, 0.3) is 11.8 Å². The van der Waals surface area contributed by atoms with Crippen LogP contribution in [0.25, 0.3) is 22.3 Å². The van der Waals surface area contributed by atoms with Crippen molar-refractivity contribution in [3.05, 3.63) is 130 Å². The van der Waals surface area contributed by atoms with Crippen LogP contribution in [0.15, 0.2) is 95.4 Å². The molecule has 196 valence electrons. The summed E-state index contributed by atoms with van der Waals surface area (Å²) in [5.74, 6) is -1.34. The van der Waals surface area contributed by atoms with Crippen LogP contribution in [0.3, 0.4) is 0 Å². The van der Waals surface area contributed by atoms with Gasteiger partial charge in [0.1, 0.15) is 23.0 Å². The summed E-state index contributed by atoms with van der Waals surface area (Å²) in [6.07, 6.45) is 0.494. The van der Waals surface area contributed by atoms with E-state index in [1.165, 1.54) is 36.4 Å². The SMILES string of the molecule is CC(C)(NC(=O)c1cccc(Cc2ccc3oc(-c4ccc(F)cc4)c(C(N)=O)c3c2)c1)c1ccc(F)cc1. The number of hydrogen-bond donors (Lipinski definition) is 2. The average molecular weight is 525 g/mol. The van der Waals surface area contributed by atoms with Gasteiger partial charge < -0.3 is 15.5 Å². The lowest BCUT2D eigenvalue weighted by molar-refractivity contribution is 0.0911. The highest BCUT2D eigenvalue weighted by Gasteiger charge is 2.24. The molecule has 5 nitrogen and oxygen atoms in total. The molecule has 5 aromatic rings. The molecule has 0 bridgehead atoms. The van der Waals surface area contributed by atoms with Crippen molar-refractivity contribution in [1.29, 1.82) is 0 Å². The standard InChI is InChI=1S/C32H26F2N2O3/c1-32(2,23-9-13-25(34)14-10-23)36-31(38)22-5-3-4-19(17-22)16-20-6-15-27-26(18-20)28(30(35)37)29(39-27)21-7-11-24(33)12-8-21/h3-15,17-18H,16H2,1-2H3,(H2,35,37)(H,36,38). The van der Waals surface area contributed by atoms with Crippen LogP contribution in [-0.2, 0) is 12.0 Å². The Morgan fingerprint density at radius 1 is 0.846 bits per heavy atom. The van der Waals surface area contributed by atoms with Gasteiger partial charge in [-0.15, -0.1) is 0 Å². The van der Waals surface area contributed by atoms with Crippen LogP contribution >= 0.6 is 0 Å². The summed E-state index contributed by atoms with van der Waals surface area (Å²) in [7, 11) is 0. The third-order valence-electron chi connectivity index (χ3n) is 6.69. The Labute approximate surface area is 224 Å². The predicted octanol–water partition coefficient (Wildman–Crippen LogP) is 6.73. The molecule has 4 aromatic carbocycles. The second-order valence-electron chi connectivity index (χ2n) is 9.97. The van der Waals surface area contributed by atoms with E-state index >= 15 is 0 Å². The second-order valence-corrected chi connectivity index (χ2v) is 9.97. The summed E-state index contributed by atoms with van der Waals surface area (Å²) in [6.45, 7) is 3.72. The van der Waals surface area contributed by atoms with E-state index in [2.05, 4.69) is 5.32 Å². The number of primary amides is 1. The number of amides is 2. The predicted molar refractivity (Wildman–Crippen MR) is 146 cm³/mol. The Morgan fingerprint density at radius 3 is 2.15 bits per heavy atom. The number of fused-ring (bicyclic) bond motifs is 1. The van der Waals surface area contributed by atoms with Crippen LogP contribution in [0.4, 0.5) is 8.78 Å². The van der Waals surface area contributed by atoms with Crippen LogP contribution in [0.5, 0.6) is 0 Å². The summed E-state index contributed by atoms with van der Waals surface area (Å²) in [5.41, 5.74) is 9.33. The molecule has 0 aliphatic rings. The van der Waals surface area contributed by atoms with Gasteiger partial charge >= 0.3 is 0 Å². The van der Waals surface area contributed by atoms with Crippen molar-refractivity contribution in [2.45, 2.75) is 25.8 Å². The Bertz CT molecular complexity index is 1690. The van der Waals surface area contributed by atoms with Crippen LogP contribution in [0.2, 0.25) is 0 Å². The molecule has 0 aliphatic heterocycles. The maximum absolute atomic E-state index is 13.4. The minimum atomic E-state index is -0.708. The first-order valence-electron chi connectivity index (χ1n) is 12.4. The molecular weight excluding hydrogens is 498 g/mol. The van der Waals surface area contributed by atoms with Gasteiger partial charge in [0.15, 0.2) is 0 Å². The molecule has 5 rings (SSSR count). The molecule has 0 radical (unpaired) electrons. The van der Waals surface area contributed by atoms with Crippen molar-refractivity contribution in [1.82, 2.24) is 5.32 Å². The summed E-state index contributed by atoms with van der Waals surface area (Å²) in [6, 6.07) is 24.5. The van der Waals surface area contributed by atoms with E-state index in [1.54, 1.807) is 24.3 Å². The van der Waals surface area contributed by atoms with Crippen molar-refractivity contribution >= 4 is 22.8 Å². The number of rotatable bonds is 7. The van der Waals surface area contributed by atoms with Gasteiger partial charge in [-0.3, -0.25) is 9.59 Å². The normalized spacial score (nSPS) is 11.5. The summed E-state index contributed by atoms with van der Waals surface area (Å²) in [4.78, 5) is 25.5. The Kier molecular flexibility index (Phi) is 6.74. The van der Waals surface area contributed by atoms with E-state index in [-0.39, 0.29) is 23.0 Å². The monoisotopic (exact) mass is 524 g/mol. The molecule has 0 spiro atoms. The molecule has 0 saturated heterocycles. The zero-order valence-corrected chi connectivity index (χ0v) is 21.4. The van der Waals surface area contributed by atoms with E-state index in [4.69, 9.17) is 10.2 Å². The van der Waals surface area contributed by atoms with Crippen LogP contribution < -0.4 is 11.1 Å². The molecule has 0 atom stereocenters. The van der Waals surface area contributed by atoms with E-state index < -0.39 is 17.3 Å². The first kappa shape index (κ1) is 25.9. The number of hydrogen-bond acceptors (Lipinski definition) is 3. The maximum Gasteiger partial charge on any atom is 0.253 e. The van der Waals surface area contributed by atoms with E-state index in [0.717, 1.165) is 16.7 Å². The van der Waals surface area contributed by atoms with Crippen molar-refractivity contribution in [3.8, 4) is 11.3 Å².